The molecule has 4 aromatic carbocycles. The summed E-state index contributed by atoms with van der Waals surface area (Å²) in [6.45, 7) is 39.9. The summed E-state index contributed by atoms with van der Waals surface area (Å²) in [6.07, 6.45) is 16.5. The van der Waals surface area contributed by atoms with Gasteiger partial charge in [-0.2, -0.15) is 0 Å². The number of amides is 2. The van der Waals surface area contributed by atoms with Crippen LogP contribution in [-0.2, 0) is 80.3 Å². The number of halogens is 4. The number of aryl methyl sites for hydroxylation is 12. The number of nitrogen functional groups attached to an aromatic ring is 1. The number of carboxylic acid groups (broad SMARTS) is 1. The third-order valence-electron chi connectivity index (χ3n) is 21.8. The van der Waals surface area contributed by atoms with Gasteiger partial charge in [-0.05, 0) is 226 Å². The topological polar surface area (TPSA) is 399 Å². The Hall–Kier alpha value is -8.70. The first-order chi connectivity index (χ1) is 61.8. The normalized spacial score (nSPS) is 17.0. The number of sulfonamides is 2. The van der Waals surface area contributed by atoms with Crippen LogP contribution in [0.1, 0.15) is 209 Å². The summed E-state index contributed by atoms with van der Waals surface area (Å²) in [6, 6.07) is 29.0. The van der Waals surface area contributed by atoms with Crippen molar-refractivity contribution in [1.29, 1.82) is 0 Å². The van der Waals surface area contributed by atoms with Crippen LogP contribution >= 0.6 is 60.1 Å². The number of Topliss-reactive ketones (excluding diaryl/α,β-unsaturated/α-hetero) is 1. The molecule has 0 saturated carbocycles. The van der Waals surface area contributed by atoms with Crippen molar-refractivity contribution in [3.05, 3.63) is 218 Å². The van der Waals surface area contributed by atoms with Crippen molar-refractivity contribution in [2.45, 2.75) is 233 Å². The van der Waals surface area contributed by atoms with Gasteiger partial charge in [-0.1, -0.05) is 99.9 Å². The number of hydrogen-bond acceptors (Lipinski definition) is 24. The Bertz CT molecular complexity index is 5850. The van der Waals surface area contributed by atoms with Crippen molar-refractivity contribution in [3.8, 4) is 11.3 Å². The van der Waals surface area contributed by atoms with Crippen molar-refractivity contribution >= 4 is 139 Å². The van der Waals surface area contributed by atoms with E-state index in [0.29, 0.717) is 61.9 Å². The van der Waals surface area contributed by atoms with Crippen molar-refractivity contribution < 1.29 is 74.5 Å². The lowest BCUT2D eigenvalue weighted by Crippen LogP contribution is -2.41. The number of hydrogen-bond donors (Lipinski definition) is 5. The van der Waals surface area contributed by atoms with E-state index in [1.54, 1.807) is 51.2 Å². The van der Waals surface area contributed by atoms with Crippen LogP contribution in [-0.4, -0.2) is 186 Å². The number of nitrogens with zero attached hydrogens (tertiary/aromatic N) is 11. The lowest BCUT2D eigenvalue weighted by atomic mass is 9.78. The van der Waals surface area contributed by atoms with Gasteiger partial charge in [-0.3, -0.25) is 47.9 Å². The first-order valence-corrected chi connectivity index (χ1v) is 51.9. The predicted octanol–water partition coefficient (Wildman–Crippen LogP) is 16.5. The van der Waals surface area contributed by atoms with E-state index in [0.717, 1.165) is 195 Å². The Kier molecular flexibility index (Phi) is 40.7. The molecule has 12 heterocycles. The molecule has 30 nitrogen and oxygen atoms in total. The minimum absolute atomic E-state index is 0.0872. The zero-order valence-corrected chi connectivity index (χ0v) is 85.9. The van der Waals surface area contributed by atoms with Crippen LogP contribution < -0.4 is 20.6 Å². The SMILES string of the molecule is BrBr.CC(=O)O.CC(C)(C)O.Cc1ccc(S(=O)(=O)NC(=O)CCCc2ccc(-c3c(C4CCOC4)nc4c(C)nc(C)cn34)cc2)cc1.Cc1ccc(S(=O)(=O)NC(=O)CCCc2ccc(B3OC(C)(C)C(C)(C)O3)cc2)cc1.Cc1cn2c(Br)c(C3CCOC3)nc2c(C)n1.Cc1cn2cc(C3CCOC3)nc2c(C)n1.Cc1cnc(N)c(C)n1.O=C(CBr)C1CCOC1. The second kappa shape index (κ2) is 49.5. The third-order valence-corrected chi connectivity index (χ3v) is 25.9. The highest BCUT2D eigenvalue weighted by molar-refractivity contribution is 9.93. The number of carbonyl (C=O) groups is 4. The van der Waals surface area contributed by atoms with Crippen molar-refractivity contribution in [3.63, 3.8) is 0 Å². The van der Waals surface area contributed by atoms with Gasteiger partial charge >= 0.3 is 7.12 Å². The summed E-state index contributed by atoms with van der Waals surface area (Å²) in [5, 5.41) is 16.4. The number of aliphatic hydroxyl groups is 1. The number of alkyl halides is 1. The average molecular weight is 2100 g/mol. The molecule has 131 heavy (non-hydrogen) atoms. The number of ketones is 1. The molecule has 5 fully saturated rings. The molecule has 0 aliphatic carbocycles. The minimum atomic E-state index is -3.86. The molecule has 708 valence electrons. The highest BCUT2D eigenvalue weighted by Gasteiger charge is 2.52. The highest BCUT2D eigenvalue weighted by atomic mass is 80.9. The van der Waals surface area contributed by atoms with Crippen LogP contribution in [0, 0.1) is 75.2 Å². The summed E-state index contributed by atoms with van der Waals surface area (Å²) < 4.78 is 94.7. The first kappa shape index (κ1) is 108. The van der Waals surface area contributed by atoms with Crippen molar-refractivity contribution in [2.75, 3.05) is 63.9 Å². The lowest BCUT2D eigenvalue weighted by molar-refractivity contribution is -0.134. The van der Waals surface area contributed by atoms with E-state index in [4.69, 9.17) is 59.0 Å². The van der Waals surface area contributed by atoms with Gasteiger partial charge in [0.25, 0.3) is 26.0 Å². The van der Waals surface area contributed by atoms with Crippen LogP contribution in [0.3, 0.4) is 0 Å². The molecular formula is C94H123BBr4N14O16S2. The third kappa shape index (κ3) is 32.3. The van der Waals surface area contributed by atoms with Gasteiger partial charge in [0.15, 0.2) is 16.9 Å². The average Bonchev–Trinajstić information content (AvgIpc) is 1.61. The number of nitrogens with two attached hydrogens (primary N) is 1. The number of fused-ring (bicyclic) bond motifs is 3. The molecule has 0 bridgehead atoms. The minimum Gasteiger partial charge on any atom is -0.481 e. The summed E-state index contributed by atoms with van der Waals surface area (Å²) in [7, 11) is -8.10. The van der Waals surface area contributed by atoms with Crippen LogP contribution in [0.25, 0.3) is 28.2 Å². The smallest absolute Gasteiger partial charge is 0.481 e. The maximum atomic E-state index is 12.4. The van der Waals surface area contributed by atoms with Gasteiger partial charge in [0.2, 0.25) is 11.8 Å². The maximum absolute atomic E-state index is 12.4. The fourth-order valence-corrected chi connectivity index (χ4v) is 17.5. The molecule has 5 saturated heterocycles. The van der Waals surface area contributed by atoms with E-state index in [-0.39, 0.29) is 51.5 Å². The van der Waals surface area contributed by atoms with E-state index >= 15 is 0 Å². The Morgan fingerprint density at radius 3 is 1.37 bits per heavy atom. The predicted molar refractivity (Wildman–Crippen MR) is 523 cm³/mol. The highest BCUT2D eigenvalue weighted by Crippen LogP contribution is 2.39. The molecule has 2 amide bonds. The molecule has 4 atom stereocenters. The van der Waals surface area contributed by atoms with Crippen LogP contribution in [0.2, 0.25) is 0 Å². The van der Waals surface area contributed by atoms with E-state index in [1.807, 2.05) is 140 Å². The van der Waals surface area contributed by atoms with Gasteiger partial charge in [-0.25, -0.2) is 46.2 Å². The van der Waals surface area contributed by atoms with E-state index in [9.17, 15) is 31.2 Å². The molecule has 5 aliphatic rings. The number of anilines is 1. The molecule has 4 unspecified atom stereocenters. The fourth-order valence-electron chi connectivity index (χ4n) is 14.3. The monoisotopic (exact) mass is 2090 g/mol. The maximum Gasteiger partial charge on any atom is 0.494 e. The van der Waals surface area contributed by atoms with E-state index in [2.05, 4.69) is 143 Å². The number of benzene rings is 4. The van der Waals surface area contributed by atoms with Crippen LogP contribution in [0.15, 0.2) is 142 Å². The lowest BCUT2D eigenvalue weighted by Gasteiger charge is -2.32. The molecule has 16 rings (SSSR count). The summed E-state index contributed by atoms with van der Waals surface area (Å²) >= 11 is 12.3. The second-order valence-corrected chi connectivity index (χ2v) is 39.4. The molecule has 0 spiro atoms. The Labute approximate surface area is 801 Å². The zero-order valence-electron chi connectivity index (χ0n) is 77.9. The quantitative estimate of drug-likeness (QED) is 0.0371. The van der Waals surface area contributed by atoms with Gasteiger partial charge in [0.05, 0.1) is 133 Å². The first-order valence-electron chi connectivity index (χ1n) is 43.3. The molecule has 11 aromatic rings. The molecule has 7 aromatic heterocycles. The second-order valence-electron chi connectivity index (χ2n) is 34.8. The van der Waals surface area contributed by atoms with Crippen molar-refractivity contribution in [2.24, 2.45) is 5.92 Å². The molecule has 0 radical (unpaired) electrons. The Balaban J connectivity index is 0.000000202. The van der Waals surface area contributed by atoms with Gasteiger partial charge in [0, 0.05) is 128 Å². The number of imidazole rings is 3. The fraction of sp³-hybridized carbons (Fsp3) is 0.468. The summed E-state index contributed by atoms with van der Waals surface area (Å²) in [5.74, 6) is 0.227. The number of nitrogens with one attached hydrogen (secondary N) is 2. The standard InChI is InChI=1S/C29H32N4O4S.C23H30BNO5S.C12H14BrN3O.C12H15N3O.C6H9BrO2.C6H9N3.C4H10O.C2H4O2.Br2/c1-19-7-13-25(14-8-19)38(35,36)32-26(34)6-4-5-22-9-11-23(12-10-22)28-27(24-15-16-37-18-24)31-29-21(3)30-20(2)17-33(28)29;1-17-9-15-20(16-10-17)31(27,28)25-21(26)8-6-7-18-11-13-19(14-12-18)24-29-22(2,3)23(4,5)30-24;1-7-5-16-11(13)10(9-3-4-17-6-9)15-12(16)8(2)14-7;1-8-5-15-6-11(10-3-4-16-7-10)14-12(15)9(2)13-8;7-3-6(8)5-1-2-9-4-5;1-4-3-8-6(7)5(2)9-4;1-4(2,3)5;1-2(3)4;1-2/h7-14,17,24H,4-6,15-16,18H2,1-3H3,(H,32,34);9-16H,6-8H2,1-5H3,(H,25,26);5,9H,3-4,6H2,1-2H3;5-6,10H,3-4,7H2,1-2H3;5H,1-4H2;3H,1-2H3,(H2,7,8);5H,1-3H3;1H3,(H,3,4);. The number of rotatable bonds is 19. The van der Waals surface area contributed by atoms with Gasteiger partial charge in [0.1, 0.15) is 16.2 Å². The number of carboxylic acids is 1. The van der Waals surface area contributed by atoms with E-state index < -0.39 is 50.5 Å². The van der Waals surface area contributed by atoms with Gasteiger partial charge in [-0.15, -0.1) is 0 Å². The largest absolute Gasteiger partial charge is 0.494 e. The van der Waals surface area contributed by atoms with Crippen LogP contribution in [0.4, 0.5) is 5.82 Å². The van der Waals surface area contributed by atoms with E-state index in [1.165, 1.54) is 24.3 Å². The van der Waals surface area contributed by atoms with Crippen molar-refractivity contribution in [1.82, 2.24) is 62.5 Å². The molecular weight excluding hydrogens is 1980 g/mol. The van der Waals surface area contributed by atoms with Gasteiger partial charge < -0.3 is 48.6 Å². The molecule has 5 aliphatic heterocycles. The summed E-state index contributed by atoms with van der Waals surface area (Å²) in [5.41, 5.74) is 24.8. The summed E-state index contributed by atoms with van der Waals surface area (Å²) in [4.78, 5) is 80.3. The van der Waals surface area contributed by atoms with Crippen LogP contribution in [0.5, 0.6) is 0 Å². The molecule has 37 heteroatoms. The zero-order chi connectivity index (χ0) is 96.5. The number of ether oxygens (including phenoxy) is 4. The molecule has 6 N–H and O–H groups in total. The number of aliphatic carboxylic acids is 1. The number of carbonyl (C=O) groups excluding carboxylic acids is 3. The Morgan fingerprint density at radius 2 is 0.939 bits per heavy atom. The Morgan fingerprint density at radius 1 is 0.534 bits per heavy atom. The number of aromatic nitrogens is 11.